The summed E-state index contributed by atoms with van der Waals surface area (Å²) in [6, 6.07) is 0.845. The molecule has 0 bridgehead atoms. The summed E-state index contributed by atoms with van der Waals surface area (Å²) in [5, 5.41) is 0. The van der Waals surface area contributed by atoms with Crippen LogP contribution in [0.1, 0.15) is 51.9 Å². The second kappa shape index (κ2) is 5.94. The van der Waals surface area contributed by atoms with Gasteiger partial charge in [-0.15, -0.1) is 0 Å². The van der Waals surface area contributed by atoms with Crippen LogP contribution in [-0.2, 0) is 0 Å². The van der Waals surface area contributed by atoms with E-state index in [1.54, 1.807) is 0 Å². The molecule has 0 radical (unpaired) electrons. The van der Waals surface area contributed by atoms with Crippen LogP contribution in [-0.4, -0.2) is 54.6 Å². The largest absolute Gasteiger partial charge is 0.329 e. The van der Waals surface area contributed by atoms with Crippen LogP contribution in [0, 0.1) is 11.8 Å². The third-order valence-electron chi connectivity index (χ3n) is 6.60. The zero-order valence-electron chi connectivity index (χ0n) is 13.5. The Morgan fingerprint density at radius 2 is 1.85 bits per heavy atom. The molecule has 3 nitrogen and oxygen atoms in total. The Morgan fingerprint density at radius 3 is 2.55 bits per heavy atom. The Hall–Kier alpha value is -0.120. The molecule has 0 aromatic heterocycles. The van der Waals surface area contributed by atoms with Crippen LogP contribution in [0.2, 0.25) is 0 Å². The number of rotatable bonds is 2. The lowest BCUT2D eigenvalue weighted by Crippen LogP contribution is -2.62. The van der Waals surface area contributed by atoms with Crippen LogP contribution in [0.5, 0.6) is 0 Å². The minimum absolute atomic E-state index is 0.341. The number of hydrogen-bond donors (Lipinski definition) is 1. The average molecular weight is 279 g/mol. The van der Waals surface area contributed by atoms with Crippen molar-refractivity contribution in [1.29, 1.82) is 0 Å². The number of likely N-dealkylation sites (tertiary alicyclic amines) is 2. The van der Waals surface area contributed by atoms with E-state index in [-0.39, 0.29) is 0 Å². The van der Waals surface area contributed by atoms with Crippen LogP contribution in [0.3, 0.4) is 0 Å². The van der Waals surface area contributed by atoms with Crippen molar-refractivity contribution in [3.8, 4) is 0 Å². The molecule has 1 saturated carbocycles. The van der Waals surface area contributed by atoms with Gasteiger partial charge >= 0.3 is 0 Å². The lowest BCUT2D eigenvalue weighted by Gasteiger charge is -2.54. The molecule has 3 aliphatic rings. The number of hydrogen-bond acceptors (Lipinski definition) is 3. The number of fused-ring (bicyclic) bond motifs is 1. The molecule has 20 heavy (non-hydrogen) atoms. The summed E-state index contributed by atoms with van der Waals surface area (Å²) in [7, 11) is 2.33. The van der Waals surface area contributed by atoms with E-state index in [0.29, 0.717) is 5.54 Å². The van der Waals surface area contributed by atoms with Gasteiger partial charge in [-0.1, -0.05) is 6.92 Å². The van der Waals surface area contributed by atoms with E-state index in [4.69, 9.17) is 5.73 Å². The van der Waals surface area contributed by atoms with Gasteiger partial charge in [0.1, 0.15) is 0 Å². The SMILES string of the molecule is CC1CCC(CN)(N2CCC3C(CCCN3C)C2)CC1. The highest BCUT2D eigenvalue weighted by atomic mass is 15.3. The fourth-order valence-corrected chi connectivity index (χ4v) is 5.03. The monoisotopic (exact) mass is 279 g/mol. The molecule has 3 fully saturated rings. The van der Waals surface area contributed by atoms with E-state index in [9.17, 15) is 0 Å². The summed E-state index contributed by atoms with van der Waals surface area (Å²) in [6.45, 7) is 7.16. The van der Waals surface area contributed by atoms with Crippen molar-refractivity contribution < 1.29 is 0 Å². The van der Waals surface area contributed by atoms with Crippen molar-refractivity contribution in [2.75, 3.05) is 33.2 Å². The summed E-state index contributed by atoms with van der Waals surface area (Å²) in [5.41, 5.74) is 6.60. The first-order valence-electron chi connectivity index (χ1n) is 8.80. The van der Waals surface area contributed by atoms with Gasteiger partial charge < -0.3 is 10.6 Å². The second-order valence-corrected chi connectivity index (χ2v) is 7.80. The molecule has 2 atom stereocenters. The first-order chi connectivity index (χ1) is 9.64. The van der Waals surface area contributed by atoms with E-state index in [2.05, 4.69) is 23.8 Å². The minimum atomic E-state index is 0.341. The fourth-order valence-electron chi connectivity index (χ4n) is 5.03. The van der Waals surface area contributed by atoms with Gasteiger partial charge in [0.15, 0.2) is 0 Å². The molecule has 2 saturated heterocycles. The van der Waals surface area contributed by atoms with Crippen molar-refractivity contribution in [3.63, 3.8) is 0 Å². The first kappa shape index (κ1) is 14.8. The topological polar surface area (TPSA) is 32.5 Å². The molecule has 2 heterocycles. The van der Waals surface area contributed by atoms with Crippen molar-refractivity contribution in [2.45, 2.75) is 63.5 Å². The summed E-state index contributed by atoms with van der Waals surface area (Å²) in [6.07, 6.45) is 9.60. The van der Waals surface area contributed by atoms with Crippen LogP contribution < -0.4 is 5.73 Å². The summed E-state index contributed by atoms with van der Waals surface area (Å²) >= 11 is 0. The van der Waals surface area contributed by atoms with Crippen LogP contribution in [0.4, 0.5) is 0 Å². The Balaban J connectivity index is 1.68. The summed E-state index contributed by atoms with van der Waals surface area (Å²) in [5.74, 6) is 1.80. The second-order valence-electron chi connectivity index (χ2n) is 7.80. The molecular formula is C17H33N3. The lowest BCUT2D eigenvalue weighted by molar-refractivity contribution is -0.0327. The van der Waals surface area contributed by atoms with Gasteiger partial charge in [-0.3, -0.25) is 4.90 Å². The third kappa shape index (κ3) is 2.65. The molecule has 2 N–H and O–H groups in total. The molecule has 0 spiro atoms. The molecular weight excluding hydrogens is 246 g/mol. The number of piperidine rings is 2. The zero-order valence-corrected chi connectivity index (χ0v) is 13.5. The highest BCUT2D eigenvalue weighted by Gasteiger charge is 2.43. The molecule has 3 rings (SSSR count). The van der Waals surface area contributed by atoms with Crippen LogP contribution in [0.15, 0.2) is 0 Å². The van der Waals surface area contributed by atoms with Gasteiger partial charge in [0, 0.05) is 31.2 Å². The molecule has 3 heteroatoms. The van der Waals surface area contributed by atoms with Crippen molar-refractivity contribution in [1.82, 2.24) is 9.80 Å². The van der Waals surface area contributed by atoms with Crippen LogP contribution >= 0.6 is 0 Å². The first-order valence-corrected chi connectivity index (χ1v) is 8.80. The Kier molecular flexibility index (Phi) is 4.40. The van der Waals surface area contributed by atoms with E-state index in [1.807, 2.05) is 0 Å². The van der Waals surface area contributed by atoms with E-state index in [1.165, 1.54) is 64.6 Å². The molecule has 1 aliphatic carbocycles. The highest BCUT2D eigenvalue weighted by Crippen LogP contribution is 2.40. The quantitative estimate of drug-likeness (QED) is 0.842. The molecule has 0 aromatic carbocycles. The summed E-state index contributed by atoms with van der Waals surface area (Å²) in [4.78, 5) is 5.42. The van der Waals surface area contributed by atoms with Crippen molar-refractivity contribution in [2.24, 2.45) is 17.6 Å². The Morgan fingerprint density at radius 1 is 1.10 bits per heavy atom. The molecule has 0 aromatic rings. The minimum Gasteiger partial charge on any atom is -0.329 e. The number of nitrogens with two attached hydrogens (primary N) is 1. The Bertz CT molecular complexity index is 322. The van der Waals surface area contributed by atoms with Crippen LogP contribution in [0.25, 0.3) is 0 Å². The third-order valence-corrected chi connectivity index (χ3v) is 6.60. The standard InChI is InChI=1S/C17H33N3/c1-14-5-8-17(13-18,9-6-14)20-11-7-16-15(12-20)4-3-10-19(16)2/h14-16H,3-13,18H2,1-2H3. The van der Waals surface area contributed by atoms with Gasteiger partial charge in [0.25, 0.3) is 0 Å². The number of nitrogens with zero attached hydrogens (tertiary/aromatic N) is 2. The van der Waals surface area contributed by atoms with Gasteiger partial charge in [0.05, 0.1) is 0 Å². The maximum atomic E-state index is 6.26. The van der Waals surface area contributed by atoms with Gasteiger partial charge in [-0.25, -0.2) is 0 Å². The maximum absolute atomic E-state index is 6.26. The van der Waals surface area contributed by atoms with Gasteiger partial charge in [0.2, 0.25) is 0 Å². The smallest absolute Gasteiger partial charge is 0.0332 e. The Labute approximate surface area is 124 Å². The van der Waals surface area contributed by atoms with Gasteiger partial charge in [-0.2, -0.15) is 0 Å². The normalized spacial score (nSPS) is 44.2. The predicted octanol–water partition coefficient (Wildman–Crippen LogP) is 2.31. The predicted molar refractivity (Wildman–Crippen MR) is 84.7 cm³/mol. The highest BCUT2D eigenvalue weighted by molar-refractivity contribution is 5.00. The molecule has 2 unspecified atom stereocenters. The maximum Gasteiger partial charge on any atom is 0.0332 e. The molecule has 116 valence electrons. The van der Waals surface area contributed by atoms with Gasteiger partial charge in [-0.05, 0) is 70.4 Å². The van der Waals surface area contributed by atoms with Crippen molar-refractivity contribution >= 4 is 0 Å². The van der Waals surface area contributed by atoms with E-state index < -0.39 is 0 Å². The molecule has 2 aliphatic heterocycles. The average Bonchev–Trinajstić information content (AvgIpc) is 2.48. The lowest BCUT2D eigenvalue weighted by atomic mass is 9.73. The van der Waals surface area contributed by atoms with Crippen molar-refractivity contribution in [3.05, 3.63) is 0 Å². The fraction of sp³-hybridized carbons (Fsp3) is 1.00. The molecule has 0 amide bonds. The zero-order chi connectivity index (χ0) is 14.2. The van der Waals surface area contributed by atoms with E-state index >= 15 is 0 Å². The van der Waals surface area contributed by atoms with E-state index in [0.717, 1.165) is 24.4 Å². The summed E-state index contributed by atoms with van der Waals surface area (Å²) < 4.78 is 0.